The molecule has 0 saturated carbocycles. The van der Waals surface area contributed by atoms with Gasteiger partial charge in [0.1, 0.15) is 0 Å². The Morgan fingerprint density at radius 3 is 2.72 bits per heavy atom. The number of carbonyl (C=O) groups excluding carboxylic acids is 1. The second-order valence-electron chi connectivity index (χ2n) is 9.15. The van der Waals surface area contributed by atoms with Crippen molar-refractivity contribution in [1.29, 1.82) is 0 Å². The molecular weight excluding hydrogens is 312 g/mol. The summed E-state index contributed by atoms with van der Waals surface area (Å²) in [5.41, 5.74) is 8.76. The summed E-state index contributed by atoms with van der Waals surface area (Å²) in [6, 6.07) is 8.82. The zero-order valence-corrected chi connectivity index (χ0v) is 15.5. The van der Waals surface area contributed by atoms with Crippen LogP contribution in [-0.4, -0.2) is 37.0 Å². The van der Waals surface area contributed by atoms with Crippen LogP contribution in [0.2, 0.25) is 0 Å². The zero-order chi connectivity index (χ0) is 17.7. The van der Waals surface area contributed by atoms with Crippen molar-refractivity contribution >= 4 is 5.91 Å². The van der Waals surface area contributed by atoms with E-state index < -0.39 is 0 Å². The molecule has 2 aliphatic heterocycles. The topological polar surface area (TPSA) is 55.6 Å². The van der Waals surface area contributed by atoms with Gasteiger partial charge in [-0.05, 0) is 66.6 Å². The molecular formula is C21H30N2O2. The highest BCUT2D eigenvalue weighted by atomic mass is 16.5. The number of hydrogen-bond acceptors (Lipinski definition) is 3. The fourth-order valence-corrected chi connectivity index (χ4v) is 5.36. The first-order valence-electron chi connectivity index (χ1n) is 9.59. The van der Waals surface area contributed by atoms with E-state index in [0.29, 0.717) is 12.5 Å². The Morgan fingerprint density at radius 1 is 1.28 bits per heavy atom. The van der Waals surface area contributed by atoms with Crippen LogP contribution in [0, 0.1) is 16.7 Å². The van der Waals surface area contributed by atoms with Crippen molar-refractivity contribution in [3.8, 4) is 0 Å². The first kappa shape index (κ1) is 17.0. The first-order chi connectivity index (χ1) is 11.9. The summed E-state index contributed by atoms with van der Waals surface area (Å²) in [6.45, 7) is 7.97. The molecule has 2 N–H and O–H groups in total. The van der Waals surface area contributed by atoms with Crippen LogP contribution in [0.1, 0.15) is 50.3 Å². The van der Waals surface area contributed by atoms with Gasteiger partial charge in [0, 0.05) is 0 Å². The molecule has 4 heteroatoms. The van der Waals surface area contributed by atoms with Gasteiger partial charge in [0.25, 0.3) is 0 Å². The largest absolute Gasteiger partial charge is 0.373 e. The van der Waals surface area contributed by atoms with Crippen molar-refractivity contribution in [1.82, 2.24) is 4.90 Å². The van der Waals surface area contributed by atoms with E-state index >= 15 is 0 Å². The molecule has 2 heterocycles. The minimum atomic E-state index is -0.221. The number of hydrogen-bond donors (Lipinski definition) is 1. The Labute approximate surface area is 150 Å². The smallest absolute Gasteiger partial charge is 0.231 e. The summed E-state index contributed by atoms with van der Waals surface area (Å²) >= 11 is 0. The second-order valence-corrected chi connectivity index (χ2v) is 9.15. The maximum Gasteiger partial charge on any atom is 0.231 e. The number of likely N-dealkylation sites (tertiary alicyclic amines) is 1. The summed E-state index contributed by atoms with van der Waals surface area (Å²) in [5, 5.41) is 0. The third-order valence-electron chi connectivity index (χ3n) is 6.90. The molecule has 4 rings (SSSR count). The molecule has 1 spiro atoms. The number of primary amides is 1. The number of nitrogens with two attached hydrogens (primary N) is 1. The summed E-state index contributed by atoms with van der Waals surface area (Å²) in [7, 11) is 0. The van der Waals surface area contributed by atoms with E-state index in [1.54, 1.807) is 0 Å². The molecule has 0 aromatic heterocycles. The van der Waals surface area contributed by atoms with E-state index in [1.807, 2.05) is 0 Å². The normalized spacial score (nSPS) is 30.5. The molecule has 2 atom stereocenters. The standard InChI is InChI=1S/C21H30N2O2/c1-20(2)11-15-5-3-4-6-16(15)19-17(20)12-21(14-25-19)7-9-23(10-8-21)13-18(22)24/h3-6,17,19H,7-14H2,1-2H3,(H2,22,24)/t17-,19+/m1/s1. The number of carbonyl (C=O) groups is 1. The van der Waals surface area contributed by atoms with Crippen LogP contribution in [0.15, 0.2) is 24.3 Å². The predicted octanol–water partition coefficient (Wildman–Crippen LogP) is 2.91. The lowest BCUT2D eigenvalue weighted by molar-refractivity contribution is -0.154. The lowest BCUT2D eigenvalue weighted by atomic mass is 9.57. The molecule has 0 bridgehead atoms. The fraction of sp³-hybridized carbons (Fsp3) is 0.667. The van der Waals surface area contributed by atoms with E-state index in [2.05, 4.69) is 43.0 Å². The average Bonchev–Trinajstić information content (AvgIpc) is 2.57. The molecule has 4 nitrogen and oxygen atoms in total. The minimum Gasteiger partial charge on any atom is -0.373 e. The van der Waals surface area contributed by atoms with Crippen LogP contribution in [-0.2, 0) is 16.0 Å². The highest BCUT2D eigenvalue weighted by molar-refractivity contribution is 5.75. The van der Waals surface area contributed by atoms with Crippen molar-refractivity contribution in [2.75, 3.05) is 26.2 Å². The average molecular weight is 342 g/mol. The fourth-order valence-electron chi connectivity index (χ4n) is 5.36. The van der Waals surface area contributed by atoms with E-state index in [0.717, 1.165) is 39.0 Å². The molecule has 2 saturated heterocycles. The summed E-state index contributed by atoms with van der Waals surface area (Å²) in [6.07, 6.45) is 4.85. The van der Waals surface area contributed by atoms with Gasteiger partial charge in [0.15, 0.2) is 0 Å². The molecule has 0 radical (unpaired) electrons. The molecule has 1 aromatic carbocycles. The SMILES string of the molecule is CC1(C)Cc2ccccc2[C@@H]2OCC3(CCN(CC(N)=O)CC3)C[C@H]21. The van der Waals surface area contributed by atoms with Gasteiger partial charge in [-0.3, -0.25) is 9.69 Å². The third kappa shape index (κ3) is 3.11. The Balaban J connectivity index is 1.53. The van der Waals surface area contributed by atoms with Gasteiger partial charge in [0.05, 0.1) is 19.3 Å². The number of rotatable bonds is 2. The maximum absolute atomic E-state index is 11.2. The van der Waals surface area contributed by atoms with Crippen LogP contribution in [0.5, 0.6) is 0 Å². The number of ether oxygens (including phenoxy) is 1. The Kier molecular flexibility index (Phi) is 4.16. The predicted molar refractivity (Wildman–Crippen MR) is 98.0 cm³/mol. The number of piperidine rings is 1. The van der Waals surface area contributed by atoms with Gasteiger partial charge in [0.2, 0.25) is 5.91 Å². The van der Waals surface area contributed by atoms with Gasteiger partial charge in [-0.2, -0.15) is 0 Å². The van der Waals surface area contributed by atoms with E-state index in [4.69, 9.17) is 10.5 Å². The lowest BCUT2D eigenvalue weighted by Gasteiger charge is -2.55. The Morgan fingerprint density at radius 2 is 2.00 bits per heavy atom. The highest BCUT2D eigenvalue weighted by Crippen LogP contribution is 2.56. The summed E-state index contributed by atoms with van der Waals surface area (Å²) < 4.78 is 6.54. The number of benzene rings is 1. The lowest BCUT2D eigenvalue weighted by Crippen LogP contribution is -2.51. The molecule has 0 unspecified atom stereocenters. The van der Waals surface area contributed by atoms with Crippen LogP contribution < -0.4 is 5.73 Å². The molecule has 3 aliphatic rings. The summed E-state index contributed by atoms with van der Waals surface area (Å²) in [5.74, 6) is 0.347. The molecule has 1 aliphatic carbocycles. The minimum absolute atomic E-state index is 0.221. The van der Waals surface area contributed by atoms with Crippen molar-refractivity contribution in [2.24, 2.45) is 22.5 Å². The molecule has 25 heavy (non-hydrogen) atoms. The van der Waals surface area contributed by atoms with Gasteiger partial charge < -0.3 is 10.5 Å². The third-order valence-corrected chi connectivity index (χ3v) is 6.90. The van der Waals surface area contributed by atoms with E-state index in [9.17, 15) is 4.79 Å². The van der Waals surface area contributed by atoms with Crippen LogP contribution in [0.3, 0.4) is 0 Å². The maximum atomic E-state index is 11.2. The molecule has 136 valence electrons. The van der Waals surface area contributed by atoms with Crippen LogP contribution in [0.25, 0.3) is 0 Å². The Bertz CT molecular complexity index is 662. The van der Waals surface area contributed by atoms with Crippen molar-refractivity contribution in [3.63, 3.8) is 0 Å². The van der Waals surface area contributed by atoms with Crippen molar-refractivity contribution in [3.05, 3.63) is 35.4 Å². The molecule has 1 aromatic rings. The number of amides is 1. The second kappa shape index (κ2) is 6.10. The van der Waals surface area contributed by atoms with Gasteiger partial charge in [-0.15, -0.1) is 0 Å². The van der Waals surface area contributed by atoms with E-state index in [-0.39, 0.29) is 22.8 Å². The summed E-state index contributed by atoms with van der Waals surface area (Å²) in [4.78, 5) is 13.4. The first-order valence-corrected chi connectivity index (χ1v) is 9.59. The Hall–Kier alpha value is -1.39. The van der Waals surface area contributed by atoms with Gasteiger partial charge in [-0.25, -0.2) is 0 Å². The number of fused-ring (bicyclic) bond motifs is 3. The van der Waals surface area contributed by atoms with Crippen molar-refractivity contribution < 1.29 is 9.53 Å². The van der Waals surface area contributed by atoms with Gasteiger partial charge in [-0.1, -0.05) is 38.1 Å². The molecule has 2 fully saturated rings. The van der Waals surface area contributed by atoms with Crippen LogP contribution in [0.4, 0.5) is 0 Å². The zero-order valence-electron chi connectivity index (χ0n) is 15.5. The quantitative estimate of drug-likeness (QED) is 0.899. The van der Waals surface area contributed by atoms with E-state index in [1.165, 1.54) is 17.5 Å². The number of nitrogens with zero attached hydrogens (tertiary/aromatic N) is 1. The van der Waals surface area contributed by atoms with Crippen molar-refractivity contribution in [2.45, 2.75) is 45.6 Å². The highest BCUT2D eigenvalue weighted by Gasteiger charge is 2.51. The van der Waals surface area contributed by atoms with Crippen LogP contribution >= 0.6 is 0 Å². The van der Waals surface area contributed by atoms with Gasteiger partial charge >= 0.3 is 0 Å². The molecule has 1 amide bonds. The monoisotopic (exact) mass is 342 g/mol.